The first-order valence-electron chi connectivity index (χ1n) is 11.6. The number of hydrogen-bond acceptors (Lipinski definition) is 7. The molecule has 0 bridgehead atoms. The monoisotopic (exact) mass is 504 g/mol. The van der Waals surface area contributed by atoms with Crippen molar-refractivity contribution >= 4 is 39.7 Å². The number of benzene rings is 2. The summed E-state index contributed by atoms with van der Waals surface area (Å²) in [6, 6.07) is 12.4. The van der Waals surface area contributed by atoms with Crippen LogP contribution in [0.1, 0.15) is 29.3 Å². The molecule has 2 aliphatic heterocycles. The van der Waals surface area contributed by atoms with Gasteiger partial charge in [-0.2, -0.15) is 5.26 Å². The van der Waals surface area contributed by atoms with Gasteiger partial charge in [-0.15, -0.1) is 11.3 Å². The van der Waals surface area contributed by atoms with E-state index in [9.17, 15) is 19.2 Å². The summed E-state index contributed by atoms with van der Waals surface area (Å²) in [6.07, 6.45) is 1.10. The smallest absolute Gasteiger partial charge is 0.251 e. The van der Waals surface area contributed by atoms with Crippen LogP contribution < -0.4 is 20.4 Å². The average molecular weight is 505 g/mol. The molecule has 2 aliphatic rings. The number of nitrogens with zero attached hydrogens (tertiary/aromatic N) is 4. The molecule has 36 heavy (non-hydrogen) atoms. The zero-order valence-corrected chi connectivity index (χ0v) is 20.8. The van der Waals surface area contributed by atoms with Crippen molar-refractivity contribution in [3.8, 4) is 17.3 Å². The highest BCUT2D eigenvalue weighted by molar-refractivity contribution is 7.14. The number of aromatic nitrogens is 1. The summed E-state index contributed by atoms with van der Waals surface area (Å²) in [6.45, 7) is 3.99. The topological polar surface area (TPSA) is 101 Å². The molecule has 0 saturated carbocycles. The first-order chi connectivity index (χ1) is 17.3. The fourth-order valence-electron chi connectivity index (χ4n) is 4.56. The van der Waals surface area contributed by atoms with Crippen LogP contribution in [0.2, 0.25) is 0 Å². The van der Waals surface area contributed by atoms with Crippen LogP contribution in [0.3, 0.4) is 0 Å². The molecule has 3 aromatic rings. The molecule has 1 atom stereocenters. The number of thiazole rings is 1. The lowest BCUT2D eigenvalue weighted by Crippen LogP contribution is -2.37. The lowest BCUT2D eigenvalue weighted by atomic mass is 9.85. The number of amides is 2. The molecule has 10 heteroatoms. The Bertz CT molecular complexity index is 1400. The van der Waals surface area contributed by atoms with E-state index in [0.29, 0.717) is 28.5 Å². The highest BCUT2D eigenvalue weighted by atomic mass is 32.1. The lowest BCUT2D eigenvalue weighted by molar-refractivity contribution is -0.115. The first-order valence-corrected chi connectivity index (χ1v) is 12.5. The fraction of sp³-hybridized carbons (Fsp3) is 0.308. The molecule has 0 unspecified atom stereocenters. The predicted octanol–water partition coefficient (Wildman–Crippen LogP) is 3.76. The van der Waals surface area contributed by atoms with Crippen LogP contribution in [0.15, 0.2) is 41.8 Å². The standard InChI is InChI=1S/C26H25FN6O2S/c1-26(14-28)15-32(2)22-5-4-16(10-20(22)26)24(35)29-12-23(34)31-25-30-21(13-36-25)17-8-18(27)11-19(9-17)33-6-3-7-33/h4-5,8-11,13H,3,6-7,12,15H2,1-2H3,(H,29,35)(H,30,31,34)/t26-/m1/s1. The molecular weight excluding hydrogens is 479 g/mol. The van der Waals surface area contributed by atoms with Gasteiger partial charge in [0.25, 0.3) is 5.91 Å². The molecule has 1 fully saturated rings. The van der Waals surface area contributed by atoms with Crippen molar-refractivity contribution in [1.29, 1.82) is 5.26 Å². The SMILES string of the molecule is CN1C[C@@](C)(C#N)c2cc(C(=O)NCC(=O)Nc3nc(-c4cc(F)cc(N5CCC5)c4)cs3)ccc21. The molecule has 0 radical (unpaired) electrons. The summed E-state index contributed by atoms with van der Waals surface area (Å²) in [4.78, 5) is 33.6. The molecule has 8 nitrogen and oxygen atoms in total. The van der Waals surface area contributed by atoms with E-state index in [1.807, 2.05) is 31.0 Å². The number of rotatable bonds is 6. The van der Waals surface area contributed by atoms with Gasteiger partial charge in [0.15, 0.2) is 5.13 Å². The summed E-state index contributed by atoms with van der Waals surface area (Å²) < 4.78 is 14.1. The van der Waals surface area contributed by atoms with E-state index in [0.717, 1.165) is 36.4 Å². The summed E-state index contributed by atoms with van der Waals surface area (Å²) in [5.41, 5.74) is 3.46. The number of carbonyl (C=O) groups is 2. The summed E-state index contributed by atoms with van der Waals surface area (Å²) in [5, 5.41) is 17.0. The van der Waals surface area contributed by atoms with E-state index < -0.39 is 17.2 Å². The first kappa shape index (κ1) is 23.8. The summed E-state index contributed by atoms with van der Waals surface area (Å²) in [5.74, 6) is -1.16. The predicted molar refractivity (Wildman–Crippen MR) is 138 cm³/mol. The molecule has 0 aliphatic carbocycles. The fourth-order valence-corrected chi connectivity index (χ4v) is 5.30. The second kappa shape index (κ2) is 9.24. The normalized spacial score (nSPS) is 18.3. The maximum atomic E-state index is 14.1. The van der Waals surface area contributed by atoms with E-state index in [2.05, 4.69) is 26.6 Å². The van der Waals surface area contributed by atoms with Gasteiger partial charge >= 0.3 is 0 Å². The molecule has 1 saturated heterocycles. The minimum Gasteiger partial charge on any atom is -0.372 e. The molecular formula is C26H25FN6O2S. The zero-order valence-electron chi connectivity index (χ0n) is 20.0. The average Bonchev–Trinajstić information content (AvgIpc) is 3.38. The summed E-state index contributed by atoms with van der Waals surface area (Å²) in [7, 11) is 1.91. The van der Waals surface area contributed by atoms with Gasteiger partial charge in [0, 0.05) is 54.6 Å². The number of fused-ring (bicyclic) bond motifs is 1. The molecule has 5 rings (SSSR count). The van der Waals surface area contributed by atoms with Crippen LogP contribution in [0.4, 0.5) is 20.9 Å². The number of hydrogen-bond donors (Lipinski definition) is 2. The number of likely N-dealkylation sites (N-methyl/N-ethyl adjacent to an activating group) is 1. The molecule has 2 aromatic carbocycles. The quantitative estimate of drug-likeness (QED) is 0.530. The van der Waals surface area contributed by atoms with Gasteiger partial charge in [-0.05, 0) is 55.3 Å². The maximum Gasteiger partial charge on any atom is 0.251 e. The van der Waals surface area contributed by atoms with Gasteiger partial charge in [-0.1, -0.05) is 0 Å². The number of halogens is 1. The van der Waals surface area contributed by atoms with Crippen molar-refractivity contribution in [3.63, 3.8) is 0 Å². The lowest BCUT2D eigenvalue weighted by Gasteiger charge is -2.33. The Hall–Kier alpha value is -3.97. The Balaban J connectivity index is 1.21. The van der Waals surface area contributed by atoms with Gasteiger partial charge in [0.05, 0.1) is 23.7 Å². The largest absolute Gasteiger partial charge is 0.372 e. The van der Waals surface area contributed by atoms with Crippen LogP contribution in [0.25, 0.3) is 11.3 Å². The Morgan fingerprint density at radius 2 is 2.06 bits per heavy atom. The number of nitriles is 1. The Kier molecular flexibility index (Phi) is 6.10. The van der Waals surface area contributed by atoms with E-state index in [1.54, 1.807) is 17.5 Å². The van der Waals surface area contributed by atoms with Gasteiger partial charge in [0.2, 0.25) is 5.91 Å². The van der Waals surface area contributed by atoms with Crippen molar-refractivity contribution < 1.29 is 14.0 Å². The third kappa shape index (κ3) is 4.50. The molecule has 3 heterocycles. The van der Waals surface area contributed by atoms with E-state index in [4.69, 9.17) is 0 Å². The van der Waals surface area contributed by atoms with Gasteiger partial charge in [0.1, 0.15) is 5.82 Å². The van der Waals surface area contributed by atoms with Gasteiger partial charge < -0.3 is 20.4 Å². The Morgan fingerprint density at radius 3 is 2.78 bits per heavy atom. The summed E-state index contributed by atoms with van der Waals surface area (Å²) >= 11 is 1.23. The van der Waals surface area contributed by atoms with Crippen molar-refractivity contribution in [3.05, 3.63) is 58.7 Å². The van der Waals surface area contributed by atoms with Gasteiger partial charge in [-0.25, -0.2) is 9.37 Å². The minimum absolute atomic E-state index is 0.237. The molecule has 1 aromatic heterocycles. The van der Waals surface area contributed by atoms with Crippen LogP contribution in [0.5, 0.6) is 0 Å². The minimum atomic E-state index is -0.696. The molecule has 184 valence electrons. The number of anilines is 3. The third-order valence-electron chi connectivity index (χ3n) is 6.62. The number of nitrogens with one attached hydrogen (secondary N) is 2. The highest BCUT2D eigenvalue weighted by Crippen LogP contribution is 2.40. The Morgan fingerprint density at radius 1 is 1.25 bits per heavy atom. The zero-order chi connectivity index (χ0) is 25.4. The van der Waals surface area contributed by atoms with Crippen molar-refractivity contribution in [2.75, 3.05) is 48.3 Å². The van der Waals surface area contributed by atoms with Crippen LogP contribution in [-0.4, -0.2) is 50.0 Å². The third-order valence-corrected chi connectivity index (χ3v) is 7.38. The van der Waals surface area contributed by atoms with Crippen LogP contribution in [-0.2, 0) is 10.2 Å². The van der Waals surface area contributed by atoms with Crippen molar-refractivity contribution in [2.45, 2.75) is 18.8 Å². The van der Waals surface area contributed by atoms with Crippen LogP contribution in [0, 0.1) is 17.1 Å². The van der Waals surface area contributed by atoms with Crippen molar-refractivity contribution in [2.24, 2.45) is 0 Å². The van der Waals surface area contributed by atoms with E-state index in [-0.39, 0.29) is 12.4 Å². The maximum absolute atomic E-state index is 14.1. The Labute approximate surface area is 212 Å². The van der Waals surface area contributed by atoms with E-state index >= 15 is 0 Å². The second-order valence-electron chi connectivity index (χ2n) is 9.34. The molecule has 2 amide bonds. The van der Waals surface area contributed by atoms with Crippen molar-refractivity contribution in [1.82, 2.24) is 10.3 Å². The molecule has 2 N–H and O–H groups in total. The van der Waals surface area contributed by atoms with E-state index in [1.165, 1.54) is 23.5 Å². The van der Waals surface area contributed by atoms with Gasteiger partial charge in [-0.3, -0.25) is 9.59 Å². The van der Waals surface area contributed by atoms with Crippen LogP contribution >= 0.6 is 11.3 Å². The second-order valence-corrected chi connectivity index (χ2v) is 10.2. The number of carbonyl (C=O) groups excluding carboxylic acids is 2. The molecule has 0 spiro atoms. The highest BCUT2D eigenvalue weighted by Gasteiger charge is 2.38.